The molecule has 2 amide bonds. The molecule has 0 aliphatic heterocycles. The van der Waals surface area contributed by atoms with Gasteiger partial charge in [0.05, 0.1) is 6.54 Å². The second-order valence-corrected chi connectivity index (χ2v) is 6.08. The van der Waals surface area contributed by atoms with Gasteiger partial charge in [0.15, 0.2) is 0 Å². The van der Waals surface area contributed by atoms with Crippen LogP contribution in [-0.4, -0.2) is 27.3 Å². The Bertz CT molecular complexity index is 680. The summed E-state index contributed by atoms with van der Waals surface area (Å²) in [6, 6.07) is 7.93. The summed E-state index contributed by atoms with van der Waals surface area (Å²) in [4.78, 5) is 16.0. The molecule has 1 aromatic carbocycles. The van der Waals surface area contributed by atoms with Gasteiger partial charge in [-0.05, 0) is 36.3 Å². The van der Waals surface area contributed by atoms with Gasteiger partial charge in [0.25, 0.3) is 0 Å². The summed E-state index contributed by atoms with van der Waals surface area (Å²) in [5, 5.41) is 10.1. The molecule has 24 heavy (non-hydrogen) atoms. The Morgan fingerprint density at radius 3 is 2.83 bits per heavy atom. The zero-order chi connectivity index (χ0) is 16.6. The van der Waals surface area contributed by atoms with Gasteiger partial charge < -0.3 is 10.6 Å². The van der Waals surface area contributed by atoms with Crippen molar-refractivity contribution in [2.45, 2.75) is 32.4 Å². The number of benzene rings is 1. The van der Waals surface area contributed by atoms with E-state index in [-0.39, 0.29) is 6.03 Å². The number of allylic oxidation sites excluding steroid dienone is 2. The smallest absolute Gasteiger partial charge is 0.315 e. The number of carbonyl (C=O) groups excluding carboxylic acids is 1. The maximum Gasteiger partial charge on any atom is 0.315 e. The van der Waals surface area contributed by atoms with Crippen molar-refractivity contribution in [3.05, 3.63) is 60.2 Å². The number of amides is 2. The maximum atomic E-state index is 12.0. The summed E-state index contributed by atoms with van der Waals surface area (Å²) in [5.74, 6) is 0.556. The van der Waals surface area contributed by atoms with Crippen molar-refractivity contribution >= 4 is 6.03 Å². The standard InChI is InChI=1S/C18H23N5O/c24-18(20-10-15-6-2-1-3-7-15)21-11-16-8-4-5-9-17(16)12-23-14-19-13-22-23/h1-2,4-5,8-9,13-15H,3,6-7,10-12H2,(H2,20,21,24)/t15-/m0/s1. The molecule has 6 heteroatoms. The molecule has 1 aliphatic rings. The highest BCUT2D eigenvalue weighted by atomic mass is 16.2. The van der Waals surface area contributed by atoms with E-state index in [1.807, 2.05) is 24.3 Å². The van der Waals surface area contributed by atoms with E-state index in [1.165, 1.54) is 6.33 Å². The quantitative estimate of drug-likeness (QED) is 0.802. The van der Waals surface area contributed by atoms with E-state index < -0.39 is 0 Å². The lowest BCUT2D eigenvalue weighted by molar-refractivity contribution is 0.238. The third kappa shape index (κ3) is 4.68. The first kappa shape index (κ1) is 16.2. The summed E-state index contributed by atoms with van der Waals surface area (Å²) in [6.45, 7) is 1.88. The van der Waals surface area contributed by atoms with Crippen LogP contribution in [0, 0.1) is 5.92 Å². The predicted octanol–water partition coefficient (Wildman–Crippen LogP) is 2.48. The summed E-state index contributed by atoms with van der Waals surface area (Å²) in [7, 11) is 0. The Labute approximate surface area is 142 Å². The van der Waals surface area contributed by atoms with Gasteiger partial charge in [0.1, 0.15) is 12.7 Å². The van der Waals surface area contributed by atoms with Crippen LogP contribution >= 0.6 is 0 Å². The van der Waals surface area contributed by atoms with Gasteiger partial charge in [0.2, 0.25) is 0 Å². The summed E-state index contributed by atoms with van der Waals surface area (Å²) in [6.07, 6.45) is 10.9. The molecular weight excluding hydrogens is 302 g/mol. The molecule has 0 unspecified atom stereocenters. The molecule has 1 aromatic heterocycles. The van der Waals surface area contributed by atoms with E-state index in [0.29, 0.717) is 19.0 Å². The van der Waals surface area contributed by atoms with E-state index in [2.05, 4.69) is 32.9 Å². The molecule has 2 N–H and O–H groups in total. The zero-order valence-corrected chi connectivity index (χ0v) is 13.7. The van der Waals surface area contributed by atoms with Crippen molar-refractivity contribution in [3.8, 4) is 0 Å². The number of aromatic nitrogens is 3. The molecule has 126 valence electrons. The maximum absolute atomic E-state index is 12.0. The molecule has 0 saturated carbocycles. The Hall–Kier alpha value is -2.63. The third-order valence-electron chi connectivity index (χ3n) is 4.29. The normalized spacial score (nSPS) is 16.8. The Morgan fingerprint density at radius 1 is 1.21 bits per heavy atom. The number of hydrogen-bond acceptors (Lipinski definition) is 3. The second kappa shape index (κ2) is 8.29. The van der Waals surface area contributed by atoms with Crippen LogP contribution in [0.3, 0.4) is 0 Å². The molecule has 0 spiro atoms. The average molecular weight is 325 g/mol. The topological polar surface area (TPSA) is 71.8 Å². The highest BCUT2D eigenvalue weighted by Gasteiger charge is 2.11. The van der Waals surface area contributed by atoms with Gasteiger partial charge in [-0.1, -0.05) is 36.4 Å². The summed E-state index contributed by atoms with van der Waals surface area (Å²) >= 11 is 0. The minimum Gasteiger partial charge on any atom is -0.338 e. The lowest BCUT2D eigenvalue weighted by Crippen LogP contribution is -2.38. The van der Waals surface area contributed by atoms with E-state index in [0.717, 1.165) is 36.9 Å². The second-order valence-electron chi connectivity index (χ2n) is 6.08. The molecule has 0 fully saturated rings. The predicted molar refractivity (Wildman–Crippen MR) is 92.3 cm³/mol. The molecular formula is C18H23N5O. The van der Waals surface area contributed by atoms with E-state index in [9.17, 15) is 4.79 Å². The number of nitrogens with one attached hydrogen (secondary N) is 2. The van der Waals surface area contributed by atoms with Gasteiger partial charge in [-0.2, -0.15) is 5.10 Å². The van der Waals surface area contributed by atoms with Gasteiger partial charge in [-0.15, -0.1) is 0 Å². The fraction of sp³-hybridized carbons (Fsp3) is 0.389. The Morgan fingerprint density at radius 2 is 2.08 bits per heavy atom. The monoisotopic (exact) mass is 325 g/mol. The number of nitrogens with zero attached hydrogens (tertiary/aromatic N) is 3. The molecule has 2 aromatic rings. The SMILES string of the molecule is O=C(NCc1ccccc1Cn1cncn1)NC[C@H]1CC=CCC1. The number of urea groups is 1. The van der Waals surface area contributed by atoms with Crippen LogP contribution in [0.4, 0.5) is 4.79 Å². The van der Waals surface area contributed by atoms with E-state index >= 15 is 0 Å². The molecule has 3 rings (SSSR count). The van der Waals surface area contributed by atoms with E-state index in [1.54, 1.807) is 11.0 Å². The van der Waals surface area contributed by atoms with Crippen LogP contribution in [0.25, 0.3) is 0 Å². The molecule has 1 heterocycles. The van der Waals surface area contributed by atoms with Crippen molar-refractivity contribution in [3.63, 3.8) is 0 Å². The first-order valence-corrected chi connectivity index (χ1v) is 8.37. The first-order chi connectivity index (χ1) is 11.8. The highest BCUT2D eigenvalue weighted by molar-refractivity contribution is 5.73. The van der Waals surface area contributed by atoms with Crippen LogP contribution in [0.2, 0.25) is 0 Å². The fourth-order valence-corrected chi connectivity index (χ4v) is 2.89. The Balaban J connectivity index is 1.49. The van der Waals surface area contributed by atoms with Crippen molar-refractivity contribution in [1.29, 1.82) is 0 Å². The molecule has 1 atom stereocenters. The molecule has 0 bridgehead atoms. The van der Waals surface area contributed by atoms with Crippen molar-refractivity contribution in [1.82, 2.24) is 25.4 Å². The van der Waals surface area contributed by atoms with E-state index in [4.69, 9.17) is 0 Å². The lowest BCUT2D eigenvalue weighted by Gasteiger charge is -2.18. The summed E-state index contributed by atoms with van der Waals surface area (Å²) in [5.41, 5.74) is 2.21. The molecule has 6 nitrogen and oxygen atoms in total. The van der Waals surface area contributed by atoms with Gasteiger partial charge in [-0.25, -0.2) is 14.5 Å². The minimum absolute atomic E-state index is 0.111. The molecule has 1 aliphatic carbocycles. The minimum atomic E-state index is -0.111. The van der Waals surface area contributed by atoms with Crippen LogP contribution in [0.5, 0.6) is 0 Å². The Kier molecular flexibility index (Phi) is 5.61. The fourth-order valence-electron chi connectivity index (χ4n) is 2.89. The first-order valence-electron chi connectivity index (χ1n) is 8.37. The van der Waals surface area contributed by atoms with Crippen molar-refractivity contribution in [2.75, 3.05) is 6.54 Å². The van der Waals surface area contributed by atoms with Crippen molar-refractivity contribution < 1.29 is 4.79 Å². The molecule has 0 saturated heterocycles. The third-order valence-corrected chi connectivity index (χ3v) is 4.29. The van der Waals surface area contributed by atoms with Crippen LogP contribution < -0.4 is 10.6 Å². The van der Waals surface area contributed by atoms with Crippen molar-refractivity contribution in [2.24, 2.45) is 5.92 Å². The molecule has 0 radical (unpaired) electrons. The average Bonchev–Trinajstić information content (AvgIpc) is 3.13. The van der Waals surface area contributed by atoms with Gasteiger partial charge in [0, 0.05) is 13.1 Å². The number of carbonyl (C=O) groups is 1. The largest absolute Gasteiger partial charge is 0.338 e. The number of hydrogen-bond donors (Lipinski definition) is 2. The van der Waals surface area contributed by atoms with Crippen LogP contribution in [0.15, 0.2) is 49.1 Å². The highest BCUT2D eigenvalue weighted by Crippen LogP contribution is 2.16. The summed E-state index contributed by atoms with van der Waals surface area (Å²) < 4.78 is 1.77. The van der Waals surface area contributed by atoms with Gasteiger partial charge in [-0.3, -0.25) is 0 Å². The van der Waals surface area contributed by atoms with Crippen LogP contribution in [0.1, 0.15) is 30.4 Å². The number of rotatable bonds is 6. The lowest BCUT2D eigenvalue weighted by atomic mass is 9.94. The van der Waals surface area contributed by atoms with Crippen LogP contribution in [-0.2, 0) is 13.1 Å². The zero-order valence-electron chi connectivity index (χ0n) is 13.7. The van der Waals surface area contributed by atoms with Gasteiger partial charge >= 0.3 is 6.03 Å².